The van der Waals surface area contributed by atoms with Crippen molar-refractivity contribution in [2.75, 3.05) is 0 Å². The SMILES string of the molecule is C[C@@]1(O)[C@@H]([C@H](O)c2ccc(Cl)c(Cl)c2)O[C@@H](n2ccc3c(N=P)ncnc32)[C@@H]1O. The summed E-state index contributed by atoms with van der Waals surface area (Å²) in [4.78, 5) is 8.28. The number of hydrogen-bond acceptors (Lipinski definition) is 7. The van der Waals surface area contributed by atoms with Gasteiger partial charge in [0.15, 0.2) is 12.0 Å². The Balaban J connectivity index is 1.71. The van der Waals surface area contributed by atoms with E-state index in [0.717, 1.165) is 0 Å². The molecule has 0 spiro atoms. The summed E-state index contributed by atoms with van der Waals surface area (Å²) in [5.74, 6) is 0.414. The Morgan fingerprint density at radius 1 is 1.28 bits per heavy atom. The average molecular weight is 455 g/mol. The highest BCUT2D eigenvalue weighted by molar-refractivity contribution is 7.04. The standard InChI is InChI=1S/C18H17Cl2N4O4P/c1-18(27)13(26)17(24-5-4-9-15(23-29)21-7-22-16(9)24)28-14(18)12(25)8-2-3-10(19)11(20)6-8/h2-7,12-14,17,25-27,29H,1H3/t12-,13+,14-,17-,18+/m1/s1. The molecule has 3 aromatic rings. The molecule has 3 N–H and O–H groups in total. The fourth-order valence-electron chi connectivity index (χ4n) is 3.55. The fourth-order valence-corrected chi connectivity index (χ4v) is 4.04. The molecule has 8 nitrogen and oxygen atoms in total. The average Bonchev–Trinajstić information content (AvgIpc) is 3.22. The molecule has 2 aromatic heterocycles. The number of aliphatic hydroxyl groups is 3. The molecule has 1 fully saturated rings. The summed E-state index contributed by atoms with van der Waals surface area (Å²) < 4.78 is 11.4. The van der Waals surface area contributed by atoms with Crippen LogP contribution in [0.4, 0.5) is 5.82 Å². The van der Waals surface area contributed by atoms with Gasteiger partial charge >= 0.3 is 0 Å². The minimum Gasteiger partial charge on any atom is -0.386 e. The van der Waals surface area contributed by atoms with E-state index in [4.69, 9.17) is 27.9 Å². The monoisotopic (exact) mass is 454 g/mol. The maximum Gasteiger partial charge on any atom is 0.168 e. The lowest BCUT2D eigenvalue weighted by Gasteiger charge is -2.29. The minimum atomic E-state index is -1.76. The molecular formula is C18H17Cl2N4O4P. The summed E-state index contributed by atoms with van der Waals surface area (Å²) in [6.07, 6.45) is -1.76. The molecule has 0 amide bonds. The molecule has 0 unspecified atom stereocenters. The zero-order chi connectivity index (χ0) is 20.9. The number of aliphatic hydroxyl groups excluding tert-OH is 2. The van der Waals surface area contributed by atoms with Crippen LogP contribution in [0.15, 0.2) is 41.5 Å². The van der Waals surface area contributed by atoms with Crippen LogP contribution in [0.3, 0.4) is 0 Å². The second kappa shape index (κ2) is 7.56. The first-order chi connectivity index (χ1) is 13.8. The highest BCUT2D eigenvalue weighted by Gasteiger charge is 2.55. The van der Waals surface area contributed by atoms with Gasteiger partial charge in [0.2, 0.25) is 0 Å². The van der Waals surface area contributed by atoms with Crippen molar-refractivity contribution in [3.05, 3.63) is 52.4 Å². The number of fused-ring (bicyclic) bond motifs is 1. The molecule has 0 aliphatic carbocycles. The third-order valence-electron chi connectivity index (χ3n) is 5.17. The lowest BCUT2D eigenvalue weighted by molar-refractivity contribution is -0.115. The van der Waals surface area contributed by atoms with Crippen LogP contribution in [0.2, 0.25) is 10.0 Å². The molecule has 1 saturated heterocycles. The van der Waals surface area contributed by atoms with Gasteiger partial charge in [-0.3, -0.25) is 0 Å². The van der Waals surface area contributed by atoms with Crippen molar-refractivity contribution in [3.63, 3.8) is 0 Å². The van der Waals surface area contributed by atoms with Gasteiger partial charge in [-0.2, -0.15) is 0 Å². The van der Waals surface area contributed by atoms with E-state index >= 15 is 0 Å². The van der Waals surface area contributed by atoms with Crippen LogP contribution in [0, 0.1) is 0 Å². The van der Waals surface area contributed by atoms with Crippen molar-refractivity contribution >= 4 is 49.1 Å². The summed E-state index contributed by atoms with van der Waals surface area (Å²) in [5, 5.41) is 33.8. The number of ether oxygens (including phenoxy) is 1. The second-order valence-electron chi connectivity index (χ2n) is 7.01. The second-order valence-corrected chi connectivity index (χ2v) is 8.04. The van der Waals surface area contributed by atoms with Crippen LogP contribution in [0.25, 0.3) is 11.0 Å². The minimum absolute atomic E-state index is 0.261. The quantitative estimate of drug-likeness (QED) is 0.520. The van der Waals surface area contributed by atoms with Gasteiger partial charge in [0.25, 0.3) is 0 Å². The van der Waals surface area contributed by atoms with E-state index in [-0.39, 0.29) is 5.02 Å². The predicted molar refractivity (Wildman–Crippen MR) is 110 cm³/mol. The zero-order valence-electron chi connectivity index (χ0n) is 15.1. The van der Waals surface area contributed by atoms with Crippen LogP contribution in [0.1, 0.15) is 24.8 Å². The first kappa shape index (κ1) is 20.6. The molecule has 0 radical (unpaired) electrons. The first-order valence-electron chi connectivity index (χ1n) is 8.63. The van der Waals surface area contributed by atoms with Crippen LogP contribution in [0.5, 0.6) is 0 Å². The van der Waals surface area contributed by atoms with E-state index in [2.05, 4.69) is 23.7 Å². The normalized spacial score (nSPS) is 28.0. The van der Waals surface area contributed by atoms with E-state index in [9.17, 15) is 15.3 Å². The topological polar surface area (TPSA) is 113 Å². The Morgan fingerprint density at radius 2 is 2.03 bits per heavy atom. The van der Waals surface area contributed by atoms with Crippen molar-refractivity contribution in [2.45, 2.75) is 37.1 Å². The van der Waals surface area contributed by atoms with Crippen LogP contribution >= 0.6 is 32.2 Å². The third-order valence-corrected chi connectivity index (χ3v) is 6.12. The van der Waals surface area contributed by atoms with E-state index in [1.165, 1.54) is 19.3 Å². The number of benzene rings is 1. The molecule has 1 aromatic carbocycles. The Kier molecular flexibility index (Phi) is 5.38. The van der Waals surface area contributed by atoms with Crippen molar-refractivity contribution in [2.24, 2.45) is 4.74 Å². The van der Waals surface area contributed by atoms with E-state index in [1.807, 2.05) is 0 Å². The maximum atomic E-state index is 11.0. The molecule has 5 atom stereocenters. The van der Waals surface area contributed by atoms with Gasteiger partial charge in [-0.05, 0) is 39.7 Å². The van der Waals surface area contributed by atoms with E-state index in [1.54, 1.807) is 29.0 Å². The van der Waals surface area contributed by atoms with Gasteiger partial charge in [-0.1, -0.05) is 29.3 Å². The lowest BCUT2D eigenvalue weighted by atomic mass is 9.88. The van der Waals surface area contributed by atoms with Gasteiger partial charge in [-0.25, -0.2) is 14.7 Å². The van der Waals surface area contributed by atoms with Crippen molar-refractivity contribution < 1.29 is 20.1 Å². The van der Waals surface area contributed by atoms with Gasteiger partial charge in [-0.15, -0.1) is 0 Å². The number of hydrogen-bond donors (Lipinski definition) is 3. The van der Waals surface area contributed by atoms with Crippen LogP contribution in [-0.2, 0) is 4.74 Å². The van der Waals surface area contributed by atoms with Gasteiger partial charge in [0.05, 0.1) is 15.4 Å². The molecular weight excluding hydrogens is 438 g/mol. The maximum absolute atomic E-state index is 11.0. The molecule has 0 bridgehead atoms. The van der Waals surface area contributed by atoms with E-state index in [0.29, 0.717) is 27.4 Å². The fraction of sp³-hybridized carbons (Fsp3) is 0.333. The molecule has 0 saturated carbocycles. The molecule has 1 aliphatic heterocycles. The van der Waals surface area contributed by atoms with Crippen molar-refractivity contribution in [1.29, 1.82) is 0 Å². The Labute approximate surface area is 178 Å². The largest absolute Gasteiger partial charge is 0.386 e. The van der Waals surface area contributed by atoms with Gasteiger partial charge in [0.1, 0.15) is 35.9 Å². The smallest absolute Gasteiger partial charge is 0.168 e. The molecule has 1 aliphatic rings. The lowest BCUT2D eigenvalue weighted by Crippen LogP contribution is -2.47. The molecule has 29 heavy (non-hydrogen) atoms. The van der Waals surface area contributed by atoms with Crippen molar-refractivity contribution in [3.8, 4) is 0 Å². The number of aromatic nitrogens is 3. The Morgan fingerprint density at radius 3 is 2.72 bits per heavy atom. The highest BCUT2D eigenvalue weighted by atomic mass is 35.5. The molecule has 152 valence electrons. The first-order valence-corrected chi connectivity index (χ1v) is 9.84. The Hall–Kier alpha value is -1.64. The zero-order valence-corrected chi connectivity index (χ0v) is 17.6. The van der Waals surface area contributed by atoms with Gasteiger partial charge < -0.3 is 24.6 Å². The predicted octanol–water partition coefficient (Wildman–Crippen LogP) is 3.44. The number of halogens is 2. The summed E-state index contributed by atoms with van der Waals surface area (Å²) in [5.41, 5.74) is -0.902. The van der Waals surface area contributed by atoms with E-state index < -0.39 is 30.1 Å². The van der Waals surface area contributed by atoms with Crippen LogP contribution < -0.4 is 0 Å². The molecule has 3 heterocycles. The number of rotatable bonds is 4. The summed E-state index contributed by atoms with van der Waals surface area (Å²) in [6, 6.07) is 6.35. The van der Waals surface area contributed by atoms with Crippen LogP contribution in [-0.4, -0.2) is 47.7 Å². The van der Waals surface area contributed by atoms with Gasteiger partial charge in [0, 0.05) is 6.20 Å². The summed E-state index contributed by atoms with van der Waals surface area (Å²) >= 11 is 12.0. The summed E-state index contributed by atoms with van der Waals surface area (Å²) in [6.45, 7) is 1.41. The summed E-state index contributed by atoms with van der Waals surface area (Å²) in [7, 11) is 3.07. The Bertz CT molecular complexity index is 1090. The molecule has 11 heteroatoms. The third kappa shape index (κ3) is 3.35. The highest BCUT2D eigenvalue weighted by Crippen LogP contribution is 2.44. The van der Waals surface area contributed by atoms with Crippen molar-refractivity contribution in [1.82, 2.24) is 14.5 Å². The number of nitrogens with zero attached hydrogens (tertiary/aromatic N) is 4. The molecule has 4 rings (SSSR count).